The van der Waals surface area contributed by atoms with E-state index in [-0.39, 0.29) is 36.5 Å². The van der Waals surface area contributed by atoms with E-state index in [1.54, 1.807) is 7.11 Å². The first-order valence-corrected chi connectivity index (χ1v) is 9.17. The zero-order valence-electron chi connectivity index (χ0n) is 16.3. The Morgan fingerprint density at radius 3 is 2.29 bits per heavy atom. The highest BCUT2D eigenvalue weighted by atomic mass is 127. The third-order valence-corrected chi connectivity index (χ3v) is 4.27. The van der Waals surface area contributed by atoms with Gasteiger partial charge in [-0.05, 0) is 30.2 Å². The molecule has 0 radical (unpaired) electrons. The van der Waals surface area contributed by atoms with Gasteiger partial charge in [-0.25, -0.2) is 0 Å². The van der Waals surface area contributed by atoms with E-state index in [0.29, 0.717) is 25.6 Å². The number of aliphatic hydroxyl groups is 2. The second-order valence-electron chi connectivity index (χ2n) is 6.18. The van der Waals surface area contributed by atoms with Gasteiger partial charge in [-0.15, -0.1) is 24.0 Å². The standard InChI is InChI=1S/C21H29N3O3.HI/c1-3-22-21(23-13-18(15-25)16-7-5-4-6-8-16)24-14-20(26)17-9-11-19(27-2)12-10-17;/h4-12,18,20,25-26H,3,13-15H2,1-2H3,(H2,22,23,24);1H. The van der Waals surface area contributed by atoms with Gasteiger partial charge >= 0.3 is 0 Å². The van der Waals surface area contributed by atoms with E-state index >= 15 is 0 Å². The number of ether oxygens (including phenoxy) is 1. The quantitative estimate of drug-likeness (QED) is 0.242. The molecule has 2 rings (SSSR count). The Balaban J connectivity index is 0.00000392. The molecule has 4 N–H and O–H groups in total. The first-order chi connectivity index (χ1) is 13.2. The van der Waals surface area contributed by atoms with Crippen molar-refractivity contribution in [1.82, 2.24) is 10.6 Å². The van der Waals surface area contributed by atoms with Crippen LogP contribution in [0.5, 0.6) is 5.75 Å². The van der Waals surface area contributed by atoms with Gasteiger partial charge in [0.2, 0.25) is 0 Å². The summed E-state index contributed by atoms with van der Waals surface area (Å²) in [5.41, 5.74) is 1.86. The summed E-state index contributed by atoms with van der Waals surface area (Å²) >= 11 is 0. The average molecular weight is 499 g/mol. The van der Waals surface area contributed by atoms with Gasteiger partial charge in [-0.1, -0.05) is 42.5 Å². The fourth-order valence-corrected chi connectivity index (χ4v) is 2.67. The van der Waals surface area contributed by atoms with Crippen LogP contribution in [0, 0.1) is 0 Å². The summed E-state index contributed by atoms with van der Waals surface area (Å²) in [6, 6.07) is 17.2. The second kappa shape index (κ2) is 13.4. The van der Waals surface area contributed by atoms with Crippen LogP contribution in [0.3, 0.4) is 0 Å². The zero-order chi connectivity index (χ0) is 19.5. The highest BCUT2D eigenvalue weighted by Crippen LogP contribution is 2.17. The summed E-state index contributed by atoms with van der Waals surface area (Å²) in [5, 5.41) is 26.4. The van der Waals surface area contributed by atoms with Gasteiger partial charge in [-0.3, -0.25) is 4.99 Å². The molecule has 0 aliphatic heterocycles. The number of halogens is 1. The van der Waals surface area contributed by atoms with Crippen molar-refractivity contribution in [3.63, 3.8) is 0 Å². The Hall–Kier alpha value is -1.84. The SMILES string of the molecule is CCNC(=NCC(CO)c1ccccc1)NCC(O)c1ccc(OC)cc1.I. The van der Waals surface area contributed by atoms with Gasteiger partial charge in [-0.2, -0.15) is 0 Å². The number of nitrogens with one attached hydrogen (secondary N) is 2. The molecule has 0 heterocycles. The number of aliphatic imine (C=N–C) groups is 1. The van der Waals surface area contributed by atoms with Crippen LogP contribution in [0.15, 0.2) is 59.6 Å². The Kier molecular flexibility index (Phi) is 11.5. The maximum Gasteiger partial charge on any atom is 0.191 e. The largest absolute Gasteiger partial charge is 0.497 e. The van der Waals surface area contributed by atoms with E-state index in [4.69, 9.17) is 4.74 Å². The number of methoxy groups -OCH3 is 1. The summed E-state index contributed by atoms with van der Waals surface area (Å²) in [6.45, 7) is 3.50. The number of hydrogen-bond acceptors (Lipinski definition) is 4. The van der Waals surface area contributed by atoms with Crippen molar-refractivity contribution in [2.75, 3.05) is 33.4 Å². The van der Waals surface area contributed by atoms with Crippen LogP contribution in [-0.2, 0) is 0 Å². The van der Waals surface area contributed by atoms with E-state index in [0.717, 1.165) is 16.9 Å². The van der Waals surface area contributed by atoms with Gasteiger partial charge in [0.15, 0.2) is 5.96 Å². The van der Waals surface area contributed by atoms with E-state index in [2.05, 4.69) is 15.6 Å². The normalized spacial score (nSPS) is 13.2. The van der Waals surface area contributed by atoms with E-state index in [9.17, 15) is 10.2 Å². The molecule has 0 aromatic heterocycles. The number of aliphatic hydroxyl groups excluding tert-OH is 2. The van der Waals surface area contributed by atoms with E-state index < -0.39 is 6.10 Å². The van der Waals surface area contributed by atoms with Crippen molar-refractivity contribution in [3.05, 3.63) is 65.7 Å². The van der Waals surface area contributed by atoms with Crippen LogP contribution in [0.4, 0.5) is 0 Å². The number of hydrogen-bond donors (Lipinski definition) is 4. The monoisotopic (exact) mass is 499 g/mol. The highest BCUT2D eigenvalue weighted by Gasteiger charge is 2.11. The minimum atomic E-state index is -0.664. The van der Waals surface area contributed by atoms with Crippen LogP contribution in [0.2, 0.25) is 0 Å². The highest BCUT2D eigenvalue weighted by molar-refractivity contribution is 14.0. The van der Waals surface area contributed by atoms with Gasteiger partial charge < -0.3 is 25.6 Å². The molecule has 0 saturated heterocycles. The predicted molar refractivity (Wildman–Crippen MR) is 124 cm³/mol. The third kappa shape index (κ3) is 7.65. The van der Waals surface area contributed by atoms with Crippen molar-refractivity contribution < 1.29 is 14.9 Å². The van der Waals surface area contributed by atoms with Crippen molar-refractivity contribution in [3.8, 4) is 5.75 Å². The maximum absolute atomic E-state index is 10.4. The van der Waals surface area contributed by atoms with E-state index in [1.807, 2.05) is 61.5 Å². The second-order valence-corrected chi connectivity index (χ2v) is 6.18. The van der Waals surface area contributed by atoms with Crippen molar-refractivity contribution in [2.24, 2.45) is 4.99 Å². The molecule has 28 heavy (non-hydrogen) atoms. The van der Waals surface area contributed by atoms with Crippen molar-refractivity contribution >= 4 is 29.9 Å². The number of nitrogens with zero attached hydrogens (tertiary/aromatic N) is 1. The van der Waals surface area contributed by atoms with Crippen molar-refractivity contribution in [2.45, 2.75) is 18.9 Å². The van der Waals surface area contributed by atoms with Gasteiger partial charge in [0.1, 0.15) is 5.75 Å². The third-order valence-electron chi connectivity index (χ3n) is 4.27. The molecule has 0 bridgehead atoms. The number of rotatable bonds is 9. The Labute approximate surface area is 184 Å². The van der Waals surface area contributed by atoms with Crippen LogP contribution in [-0.4, -0.2) is 49.5 Å². The molecular formula is C21H30IN3O3. The topological polar surface area (TPSA) is 86.1 Å². The molecule has 0 fully saturated rings. The zero-order valence-corrected chi connectivity index (χ0v) is 18.7. The van der Waals surface area contributed by atoms with Crippen LogP contribution in [0.25, 0.3) is 0 Å². The van der Waals surface area contributed by atoms with Crippen LogP contribution in [0.1, 0.15) is 30.1 Å². The Bertz CT molecular complexity index is 696. The number of benzene rings is 2. The first-order valence-electron chi connectivity index (χ1n) is 9.17. The molecular weight excluding hydrogens is 469 g/mol. The average Bonchev–Trinajstić information content (AvgIpc) is 2.73. The lowest BCUT2D eigenvalue weighted by Gasteiger charge is -2.17. The molecule has 6 nitrogen and oxygen atoms in total. The molecule has 0 saturated carbocycles. The molecule has 2 aromatic carbocycles. The minimum Gasteiger partial charge on any atom is -0.497 e. The summed E-state index contributed by atoms with van der Waals surface area (Å²) in [4.78, 5) is 4.56. The summed E-state index contributed by atoms with van der Waals surface area (Å²) in [5.74, 6) is 1.30. The molecule has 0 aliphatic rings. The smallest absolute Gasteiger partial charge is 0.191 e. The number of guanidine groups is 1. The van der Waals surface area contributed by atoms with Crippen molar-refractivity contribution in [1.29, 1.82) is 0 Å². The molecule has 0 amide bonds. The maximum atomic E-state index is 10.4. The minimum absolute atomic E-state index is 0. The van der Waals surface area contributed by atoms with E-state index in [1.165, 1.54) is 0 Å². The Morgan fingerprint density at radius 2 is 1.71 bits per heavy atom. The summed E-state index contributed by atoms with van der Waals surface area (Å²) in [6.07, 6.45) is -0.664. The molecule has 2 atom stereocenters. The lowest BCUT2D eigenvalue weighted by molar-refractivity contribution is 0.180. The van der Waals surface area contributed by atoms with Gasteiger partial charge in [0.25, 0.3) is 0 Å². The van der Waals surface area contributed by atoms with Crippen LogP contribution >= 0.6 is 24.0 Å². The van der Waals surface area contributed by atoms with Gasteiger partial charge in [0, 0.05) is 19.0 Å². The Morgan fingerprint density at radius 1 is 1.04 bits per heavy atom. The summed E-state index contributed by atoms with van der Waals surface area (Å²) < 4.78 is 5.13. The molecule has 0 aliphatic carbocycles. The predicted octanol–water partition coefficient (Wildman–Crippen LogP) is 2.68. The molecule has 7 heteroatoms. The van der Waals surface area contributed by atoms with Crippen LogP contribution < -0.4 is 15.4 Å². The fraction of sp³-hybridized carbons (Fsp3) is 0.381. The molecule has 2 aromatic rings. The fourth-order valence-electron chi connectivity index (χ4n) is 2.67. The molecule has 2 unspecified atom stereocenters. The lowest BCUT2D eigenvalue weighted by Crippen LogP contribution is -2.39. The first kappa shape index (κ1) is 24.2. The van der Waals surface area contributed by atoms with Gasteiger partial charge in [0.05, 0.1) is 26.4 Å². The lowest BCUT2D eigenvalue weighted by atomic mass is 10.0. The molecule has 0 spiro atoms. The summed E-state index contributed by atoms with van der Waals surface area (Å²) in [7, 11) is 1.61. The molecule has 154 valence electrons.